The van der Waals surface area contributed by atoms with Crippen LogP contribution in [0.3, 0.4) is 0 Å². The van der Waals surface area contributed by atoms with E-state index in [0.717, 1.165) is 24.3 Å². The molecule has 11 nitrogen and oxygen atoms in total. The van der Waals surface area contributed by atoms with Gasteiger partial charge < -0.3 is 30.9 Å². The Labute approximate surface area is 259 Å². The summed E-state index contributed by atoms with van der Waals surface area (Å²) in [6.07, 6.45) is 4.14. The Balaban J connectivity index is 1.21. The van der Waals surface area contributed by atoms with E-state index < -0.39 is 0 Å². The normalized spacial score (nSPS) is 12.6. The molecule has 1 saturated heterocycles. The predicted molar refractivity (Wildman–Crippen MR) is 172 cm³/mol. The zero-order valence-electron chi connectivity index (χ0n) is 23.9. The van der Waals surface area contributed by atoms with Crippen LogP contribution in [0.2, 0.25) is 5.02 Å². The van der Waals surface area contributed by atoms with Gasteiger partial charge in [0.1, 0.15) is 0 Å². The van der Waals surface area contributed by atoms with Crippen LogP contribution in [0.4, 0.5) is 34.4 Å². The van der Waals surface area contributed by atoms with E-state index in [4.69, 9.17) is 16.3 Å². The Morgan fingerprint density at radius 2 is 1.57 bits per heavy atom. The van der Waals surface area contributed by atoms with Crippen molar-refractivity contribution in [3.63, 3.8) is 0 Å². The second-order valence-corrected chi connectivity index (χ2v) is 10.3. The molecule has 3 amide bonds. The van der Waals surface area contributed by atoms with Crippen LogP contribution in [0.25, 0.3) is 0 Å². The van der Waals surface area contributed by atoms with E-state index in [1.54, 1.807) is 61.5 Å². The molecule has 4 aromatic rings. The summed E-state index contributed by atoms with van der Waals surface area (Å²) < 4.78 is 5.40. The SMILES string of the molecule is C=CC(=O)Nc1cccc(Nc2ncc(NC(=O)c3cc(NC(=O)c4ccc(N5CCOCC5)c(Cl)c4)ccc3C)cn2)c1. The third-order valence-electron chi connectivity index (χ3n) is 6.78. The van der Waals surface area contributed by atoms with E-state index in [9.17, 15) is 14.4 Å². The van der Waals surface area contributed by atoms with Gasteiger partial charge in [-0.1, -0.05) is 30.3 Å². The lowest BCUT2D eigenvalue weighted by Crippen LogP contribution is -2.36. The van der Waals surface area contributed by atoms with Crippen LogP contribution < -0.4 is 26.2 Å². The first-order valence-corrected chi connectivity index (χ1v) is 14.1. The molecular formula is C32H30ClN7O4. The summed E-state index contributed by atoms with van der Waals surface area (Å²) >= 11 is 6.51. The number of halogens is 1. The molecule has 44 heavy (non-hydrogen) atoms. The molecule has 2 heterocycles. The van der Waals surface area contributed by atoms with Gasteiger partial charge in [-0.05, 0) is 67.1 Å². The maximum Gasteiger partial charge on any atom is 0.256 e. The molecule has 0 atom stereocenters. The number of benzene rings is 3. The Bertz CT molecular complexity index is 1710. The monoisotopic (exact) mass is 611 g/mol. The Kier molecular flexibility index (Phi) is 9.48. The maximum absolute atomic E-state index is 13.1. The highest BCUT2D eigenvalue weighted by atomic mass is 35.5. The summed E-state index contributed by atoms with van der Waals surface area (Å²) in [6.45, 7) is 7.98. The van der Waals surface area contributed by atoms with Gasteiger partial charge in [0, 0.05) is 41.3 Å². The molecule has 1 fully saturated rings. The number of hydrogen-bond donors (Lipinski definition) is 4. The minimum atomic E-state index is -0.383. The molecule has 4 N–H and O–H groups in total. The van der Waals surface area contributed by atoms with Crippen LogP contribution >= 0.6 is 11.6 Å². The van der Waals surface area contributed by atoms with Gasteiger partial charge in [-0.25, -0.2) is 9.97 Å². The van der Waals surface area contributed by atoms with Crippen LogP contribution in [0, 0.1) is 6.92 Å². The van der Waals surface area contributed by atoms with E-state index in [2.05, 4.69) is 42.7 Å². The van der Waals surface area contributed by atoms with Gasteiger partial charge in [0.15, 0.2) is 0 Å². The molecule has 3 aromatic carbocycles. The van der Waals surface area contributed by atoms with Gasteiger partial charge >= 0.3 is 0 Å². The average Bonchev–Trinajstić information content (AvgIpc) is 3.03. The summed E-state index contributed by atoms with van der Waals surface area (Å²) in [5.74, 6) is -0.748. The topological polar surface area (TPSA) is 138 Å². The Morgan fingerprint density at radius 3 is 2.30 bits per heavy atom. The first-order chi connectivity index (χ1) is 21.3. The number of ether oxygens (including phenoxy) is 1. The first kappa shape index (κ1) is 30.2. The molecular weight excluding hydrogens is 582 g/mol. The molecule has 0 radical (unpaired) electrons. The number of hydrogen-bond acceptors (Lipinski definition) is 8. The van der Waals surface area contributed by atoms with Crippen LogP contribution in [0.5, 0.6) is 0 Å². The number of nitrogens with zero attached hydrogens (tertiary/aromatic N) is 3. The molecule has 1 aromatic heterocycles. The lowest BCUT2D eigenvalue weighted by atomic mass is 10.1. The summed E-state index contributed by atoms with van der Waals surface area (Å²) in [6, 6.07) is 17.3. The summed E-state index contributed by atoms with van der Waals surface area (Å²) in [5, 5.41) is 11.9. The molecule has 1 aliphatic heterocycles. The van der Waals surface area contributed by atoms with Crippen molar-refractivity contribution in [3.8, 4) is 0 Å². The number of anilines is 6. The summed E-state index contributed by atoms with van der Waals surface area (Å²) in [5.41, 5.74) is 4.45. The van der Waals surface area contributed by atoms with Crippen LogP contribution in [0.1, 0.15) is 26.3 Å². The highest BCUT2D eigenvalue weighted by Gasteiger charge is 2.17. The summed E-state index contributed by atoms with van der Waals surface area (Å²) in [7, 11) is 0. The van der Waals surface area contributed by atoms with E-state index in [-0.39, 0.29) is 17.7 Å². The molecule has 0 bridgehead atoms. The maximum atomic E-state index is 13.1. The minimum absolute atomic E-state index is 0.300. The average molecular weight is 612 g/mol. The third-order valence-corrected chi connectivity index (χ3v) is 7.09. The largest absolute Gasteiger partial charge is 0.378 e. The number of aromatic nitrogens is 2. The molecule has 224 valence electrons. The van der Waals surface area contributed by atoms with Gasteiger partial charge in [0.2, 0.25) is 11.9 Å². The highest BCUT2D eigenvalue weighted by Crippen LogP contribution is 2.28. The van der Waals surface area contributed by atoms with Crippen molar-refractivity contribution in [2.24, 2.45) is 0 Å². The van der Waals surface area contributed by atoms with Crippen molar-refractivity contribution in [1.29, 1.82) is 0 Å². The van der Waals surface area contributed by atoms with Crippen LogP contribution in [-0.2, 0) is 9.53 Å². The van der Waals surface area contributed by atoms with Gasteiger partial charge in [0.25, 0.3) is 11.8 Å². The fraction of sp³-hybridized carbons (Fsp3) is 0.156. The zero-order chi connectivity index (χ0) is 31.1. The van der Waals surface area contributed by atoms with Gasteiger partial charge in [-0.3, -0.25) is 14.4 Å². The van der Waals surface area contributed by atoms with E-state index in [1.165, 1.54) is 18.5 Å². The standard InChI is InChI=1S/C32H30ClN7O4/c1-3-29(41)36-22-5-4-6-23(16-22)39-32-34-18-25(19-35-32)38-31(43)26-17-24(9-7-20(26)2)37-30(42)21-8-10-28(27(33)15-21)40-11-13-44-14-12-40/h3-10,15-19H,1,11-14H2,2H3,(H,36,41)(H,37,42)(H,38,43)(H,34,35,39). The van der Waals surface area contributed by atoms with Crippen molar-refractivity contribution in [2.75, 3.05) is 52.5 Å². The van der Waals surface area contributed by atoms with E-state index >= 15 is 0 Å². The minimum Gasteiger partial charge on any atom is -0.378 e. The fourth-order valence-electron chi connectivity index (χ4n) is 4.51. The number of carbonyl (C=O) groups is 3. The van der Waals surface area contributed by atoms with Crippen molar-refractivity contribution in [1.82, 2.24) is 9.97 Å². The fourth-order valence-corrected chi connectivity index (χ4v) is 4.81. The van der Waals surface area contributed by atoms with Crippen molar-refractivity contribution in [2.45, 2.75) is 6.92 Å². The Hall–Kier alpha value is -5.26. The second-order valence-electron chi connectivity index (χ2n) is 9.90. The van der Waals surface area contributed by atoms with Gasteiger partial charge in [-0.2, -0.15) is 0 Å². The summed E-state index contributed by atoms with van der Waals surface area (Å²) in [4.78, 5) is 48.4. The van der Waals surface area contributed by atoms with Crippen molar-refractivity contribution in [3.05, 3.63) is 107 Å². The second kappa shape index (κ2) is 13.8. The quantitative estimate of drug-likeness (QED) is 0.178. The van der Waals surface area contributed by atoms with Crippen LogP contribution in [0.15, 0.2) is 85.7 Å². The lowest BCUT2D eigenvalue weighted by molar-refractivity contribution is -0.111. The zero-order valence-corrected chi connectivity index (χ0v) is 24.6. The first-order valence-electron chi connectivity index (χ1n) is 13.8. The van der Waals surface area contributed by atoms with Crippen molar-refractivity contribution < 1.29 is 19.1 Å². The number of rotatable bonds is 9. The number of amides is 3. The smallest absolute Gasteiger partial charge is 0.256 e. The molecule has 0 saturated carbocycles. The predicted octanol–water partition coefficient (Wildman–Crippen LogP) is 5.65. The molecule has 0 spiro atoms. The molecule has 0 unspecified atom stereocenters. The molecule has 1 aliphatic rings. The number of aryl methyl sites for hydroxylation is 1. The number of nitrogens with one attached hydrogen (secondary N) is 4. The van der Waals surface area contributed by atoms with E-state index in [1.807, 2.05) is 6.07 Å². The Morgan fingerprint density at radius 1 is 0.864 bits per heavy atom. The number of carbonyl (C=O) groups excluding carboxylic acids is 3. The highest BCUT2D eigenvalue weighted by molar-refractivity contribution is 6.33. The molecule has 5 rings (SSSR count). The van der Waals surface area contributed by atoms with Gasteiger partial charge in [0.05, 0.1) is 42.0 Å². The molecule has 12 heteroatoms. The van der Waals surface area contributed by atoms with E-state index in [0.29, 0.717) is 58.1 Å². The van der Waals surface area contributed by atoms with Crippen LogP contribution in [-0.4, -0.2) is 54.0 Å². The number of morpholine rings is 1. The van der Waals surface area contributed by atoms with Gasteiger partial charge in [-0.15, -0.1) is 0 Å². The lowest BCUT2D eigenvalue weighted by Gasteiger charge is -2.29. The van der Waals surface area contributed by atoms with Crippen molar-refractivity contribution >= 4 is 63.7 Å². The third kappa shape index (κ3) is 7.57. The molecule has 0 aliphatic carbocycles.